The minimum absolute atomic E-state index is 0.174. The molecule has 5 heteroatoms. The van der Waals surface area contributed by atoms with Crippen LogP contribution in [0, 0.1) is 0 Å². The highest BCUT2D eigenvalue weighted by molar-refractivity contribution is 6.32. The van der Waals surface area contributed by atoms with Crippen LogP contribution in [0.4, 0.5) is 5.82 Å². The van der Waals surface area contributed by atoms with Crippen molar-refractivity contribution >= 4 is 28.5 Å². The summed E-state index contributed by atoms with van der Waals surface area (Å²) in [7, 11) is 0. The number of fused-ring (bicyclic) bond motifs is 1. The summed E-state index contributed by atoms with van der Waals surface area (Å²) in [5.74, 6) is 0.752. The molecule has 2 atom stereocenters. The van der Waals surface area contributed by atoms with E-state index in [9.17, 15) is 0 Å². The number of aromatic nitrogens is 2. The predicted octanol–water partition coefficient (Wildman–Crippen LogP) is 2.90. The maximum absolute atomic E-state index is 6.28. The molecular formula is C14H16ClN3O. The van der Waals surface area contributed by atoms with E-state index in [1.54, 1.807) is 0 Å². The van der Waals surface area contributed by atoms with Gasteiger partial charge in [0.25, 0.3) is 0 Å². The first-order valence-corrected chi connectivity index (χ1v) is 6.84. The van der Waals surface area contributed by atoms with E-state index in [1.165, 1.54) is 0 Å². The van der Waals surface area contributed by atoms with Gasteiger partial charge in [-0.2, -0.15) is 0 Å². The van der Waals surface area contributed by atoms with Crippen LogP contribution in [-0.2, 0) is 4.74 Å². The first kappa shape index (κ1) is 12.6. The average Bonchev–Trinajstić information content (AvgIpc) is 2.36. The molecule has 1 aromatic heterocycles. The molecule has 1 aromatic carbocycles. The molecule has 1 fully saturated rings. The quantitative estimate of drug-likeness (QED) is 0.803. The Hall–Kier alpha value is -1.39. The molecule has 0 aliphatic carbocycles. The number of anilines is 1. The molecule has 2 aromatic rings. The number of morpholine rings is 1. The fourth-order valence-corrected chi connectivity index (χ4v) is 2.77. The van der Waals surface area contributed by atoms with Crippen LogP contribution in [0.2, 0.25) is 5.15 Å². The van der Waals surface area contributed by atoms with E-state index >= 15 is 0 Å². The van der Waals surface area contributed by atoms with Crippen molar-refractivity contribution in [1.29, 1.82) is 0 Å². The van der Waals surface area contributed by atoms with Gasteiger partial charge >= 0.3 is 0 Å². The molecule has 3 rings (SSSR count). The van der Waals surface area contributed by atoms with Crippen molar-refractivity contribution in [2.24, 2.45) is 0 Å². The molecule has 1 aliphatic rings. The fraction of sp³-hybridized carbons (Fsp3) is 0.429. The zero-order chi connectivity index (χ0) is 13.4. The topological polar surface area (TPSA) is 38.2 Å². The first-order chi connectivity index (χ1) is 9.13. The third kappa shape index (κ3) is 2.51. The molecule has 0 amide bonds. The fourth-order valence-electron chi connectivity index (χ4n) is 2.52. The lowest BCUT2D eigenvalue weighted by atomic mass is 10.2. The van der Waals surface area contributed by atoms with Crippen LogP contribution in [0.3, 0.4) is 0 Å². The summed E-state index contributed by atoms with van der Waals surface area (Å²) in [6.45, 7) is 5.70. The monoisotopic (exact) mass is 277 g/mol. The average molecular weight is 278 g/mol. The van der Waals surface area contributed by atoms with Crippen LogP contribution in [0.15, 0.2) is 24.3 Å². The zero-order valence-electron chi connectivity index (χ0n) is 11.0. The molecule has 1 aliphatic heterocycles. The van der Waals surface area contributed by atoms with Gasteiger partial charge in [0.1, 0.15) is 0 Å². The van der Waals surface area contributed by atoms with Gasteiger partial charge in [-0.3, -0.25) is 0 Å². The van der Waals surface area contributed by atoms with E-state index in [-0.39, 0.29) is 12.2 Å². The van der Waals surface area contributed by atoms with Gasteiger partial charge < -0.3 is 9.64 Å². The Labute approximate surface area is 117 Å². The van der Waals surface area contributed by atoms with Crippen LogP contribution in [-0.4, -0.2) is 35.3 Å². The summed E-state index contributed by atoms with van der Waals surface area (Å²) in [6.07, 6.45) is 0.348. The molecule has 2 heterocycles. The SMILES string of the molecule is C[C@H]1CN(c2nc3ccccc3nc2Cl)C[C@H](C)O1. The summed E-state index contributed by atoms with van der Waals surface area (Å²) >= 11 is 6.28. The lowest BCUT2D eigenvalue weighted by molar-refractivity contribution is -0.00545. The van der Waals surface area contributed by atoms with Crippen molar-refractivity contribution in [3.8, 4) is 0 Å². The normalized spacial score (nSPS) is 23.8. The van der Waals surface area contributed by atoms with Gasteiger partial charge in [-0.1, -0.05) is 23.7 Å². The summed E-state index contributed by atoms with van der Waals surface area (Å²) < 4.78 is 5.73. The van der Waals surface area contributed by atoms with Gasteiger partial charge in [-0.05, 0) is 26.0 Å². The molecular weight excluding hydrogens is 262 g/mol. The van der Waals surface area contributed by atoms with E-state index in [0.29, 0.717) is 5.15 Å². The van der Waals surface area contributed by atoms with Gasteiger partial charge in [-0.25, -0.2) is 9.97 Å². The Morgan fingerprint density at radius 2 is 1.68 bits per heavy atom. The van der Waals surface area contributed by atoms with E-state index in [4.69, 9.17) is 16.3 Å². The number of nitrogens with zero attached hydrogens (tertiary/aromatic N) is 3. The van der Waals surface area contributed by atoms with Gasteiger partial charge in [-0.15, -0.1) is 0 Å². The number of rotatable bonds is 1. The van der Waals surface area contributed by atoms with Crippen molar-refractivity contribution in [3.63, 3.8) is 0 Å². The van der Waals surface area contributed by atoms with Gasteiger partial charge in [0.2, 0.25) is 0 Å². The summed E-state index contributed by atoms with van der Waals surface area (Å²) in [5, 5.41) is 0.458. The van der Waals surface area contributed by atoms with E-state index < -0.39 is 0 Å². The van der Waals surface area contributed by atoms with Gasteiger partial charge in [0, 0.05) is 13.1 Å². The van der Waals surface area contributed by atoms with Crippen molar-refractivity contribution in [2.45, 2.75) is 26.1 Å². The number of hydrogen-bond donors (Lipinski definition) is 0. The molecule has 0 unspecified atom stereocenters. The van der Waals surface area contributed by atoms with Crippen LogP contribution >= 0.6 is 11.6 Å². The van der Waals surface area contributed by atoms with Crippen molar-refractivity contribution < 1.29 is 4.74 Å². The third-order valence-corrected chi connectivity index (χ3v) is 3.48. The lowest BCUT2D eigenvalue weighted by Gasteiger charge is -2.36. The molecule has 1 saturated heterocycles. The molecule has 0 radical (unpaired) electrons. The Morgan fingerprint density at radius 3 is 2.32 bits per heavy atom. The Bertz CT molecular complexity index is 594. The van der Waals surface area contributed by atoms with Crippen LogP contribution < -0.4 is 4.90 Å². The number of benzene rings is 1. The highest BCUT2D eigenvalue weighted by Gasteiger charge is 2.25. The second-order valence-electron chi connectivity index (χ2n) is 4.99. The predicted molar refractivity (Wildman–Crippen MR) is 76.8 cm³/mol. The number of para-hydroxylation sites is 2. The minimum Gasteiger partial charge on any atom is -0.372 e. The summed E-state index contributed by atoms with van der Waals surface area (Å²) in [4.78, 5) is 11.2. The molecule has 19 heavy (non-hydrogen) atoms. The molecule has 100 valence electrons. The van der Waals surface area contributed by atoms with Gasteiger partial charge in [0.15, 0.2) is 11.0 Å². The number of halogens is 1. The summed E-state index contributed by atoms with van der Waals surface area (Å²) in [6, 6.07) is 7.77. The zero-order valence-corrected chi connectivity index (χ0v) is 11.8. The second kappa shape index (κ2) is 4.94. The second-order valence-corrected chi connectivity index (χ2v) is 5.35. The minimum atomic E-state index is 0.174. The maximum atomic E-state index is 6.28. The van der Waals surface area contributed by atoms with Crippen LogP contribution in [0.25, 0.3) is 11.0 Å². The molecule has 0 saturated carbocycles. The van der Waals surface area contributed by atoms with Crippen molar-refractivity contribution in [2.75, 3.05) is 18.0 Å². The lowest BCUT2D eigenvalue weighted by Crippen LogP contribution is -2.46. The Morgan fingerprint density at radius 1 is 1.11 bits per heavy atom. The highest BCUT2D eigenvalue weighted by Crippen LogP contribution is 2.27. The van der Waals surface area contributed by atoms with Crippen LogP contribution in [0.5, 0.6) is 0 Å². The third-order valence-electron chi connectivity index (χ3n) is 3.23. The van der Waals surface area contributed by atoms with E-state index in [2.05, 4.69) is 28.7 Å². The Kier molecular flexibility index (Phi) is 3.29. The highest BCUT2D eigenvalue weighted by atomic mass is 35.5. The van der Waals surface area contributed by atoms with Crippen LogP contribution in [0.1, 0.15) is 13.8 Å². The van der Waals surface area contributed by atoms with E-state index in [0.717, 1.165) is 29.9 Å². The molecule has 0 bridgehead atoms. The maximum Gasteiger partial charge on any atom is 0.172 e. The molecule has 0 spiro atoms. The standard InChI is InChI=1S/C14H16ClN3O/c1-9-7-18(8-10(2)19-9)14-13(15)16-11-5-3-4-6-12(11)17-14/h3-6,9-10H,7-8H2,1-2H3/t9-,10-/m0/s1. The first-order valence-electron chi connectivity index (χ1n) is 6.46. The molecule has 4 nitrogen and oxygen atoms in total. The van der Waals surface area contributed by atoms with E-state index in [1.807, 2.05) is 24.3 Å². The number of hydrogen-bond acceptors (Lipinski definition) is 4. The van der Waals surface area contributed by atoms with Crippen molar-refractivity contribution in [3.05, 3.63) is 29.4 Å². The largest absolute Gasteiger partial charge is 0.372 e. The smallest absolute Gasteiger partial charge is 0.172 e. The van der Waals surface area contributed by atoms with Gasteiger partial charge in [0.05, 0.1) is 23.2 Å². The number of ether oxygens (including phenoxy) is 1. The van der Waals surface area contributed by atoms with Crippen molar-refractivity contribution in [1.82, 2.24) is 9.97 Å². The summed E-state index contributed by atoms with van der Waals surface area (Å²) in [5.41, 5.74) is 1.69. The Balaban J connectivity index is 2.01. The molecule has 0 N–H and O–H groups in total.